The van der Waals surface area contributed by atoms with Crippen molar-refractivity contribution in [2.45, 2.75) is 50.9 Å². The number of nitrogens with zero attached hydrogens (tertiary/aromatic N) is 3. The molecule has 0 spiro atoms. The number of halogens is 1. The van der Waals surface area contributed by atoms with Gasteiger partial charge in [-0.2, -0.15) is 4.98 Å². The Morgan fingerprint density at radius 3 is 2.47 bits per heavy atom. The van der Waals surface area contributed by atoms with Crippen LogP contribution in [0.2, 0.25) is 5.02 Å². The van der Waals surface area contributed by atoms with Gasteiger partial charge in [-0.15, -0.1) is 0 Å². The summed E-state index contributed by atoms with van der Waals surface area (Å²) in [5.74, 6) is 0.344. The molecule has 12 heteroatoms. The maximum Gasteiger partial charge on any atom is 0.238 e. The van der Waals surface area contributed by atoms with Crippen LogP contribution in [-0.2, 0) is 14.6 Å². The number of hydrogen-bond acceptors (Lipinski definition) is 9. The van der Waals surface area contributed by atoms with Crippen molar-refractivity contribution in [2.75, 3.05) is 22.5 Å². The highest BCUT2D eigenvalue weighted by Gasteiger charge is 2.25. The maximum atomic E-state index is 12.7. The molecule has 0 bridgehead atoms. The number of aryl methyl sites for hydroxylation is 1. The van der Waals surface area contributed by atoms with Crippen LogP contribution in [0, 0.1) is 6.92 Å². The van der Waals surface area contributed by atoms with Crippen LogP contribution in [-0.4, -0.2) is 47.1 Å². The number of carbonyl (C=O) groups is 1. The molecule has 0 saturated carbocycles. The van der Waals surface area contributed by atoms with Gasteiger partial charge in [-0.25, -0.2) is 18.4 Å². The van der Waals surface area contributed by atoms with Gasteiger partial charge in [0.05, 0.1) is 23.7 Å². The Labute approximate surface area is 216 Å². The quantitative estimate of drug-likeness (QED) is 0.299. The average molecular weight is 532 g/mol. The molecule has 0 aliphatic rings. The van der Waals surface area contributed by atoms with Crippen LogP contribution in [0.3, 0.4) is 0 Å². The molecule has 2 aromatic heterocycles. The van der Waals surface area contributed by atoms with Crippen molar-refractivity contribution < 1.29 is 13.2 Å². The summed E-state index contributed by atoms with van der Waals surface area (Å²) in [7, 11) is -3.64. The van der Waals surface area contributed by atoms with E-state index in [1.165, 1.54) is 12.4 Å². The first-order chi connectivity index (χ1) is 17.0. The van der Waals surface area contributed by atoms with Gasteiger partial charge in [0.15, 0.2) is 20.7 Å². The summed E-state index contributed by atoms with van der Waals surface area (Å²) < 4.78 is 25.4. The predicted molar refractivity (Wildman–Crippen MR) is 143 cm³/mol. The number of sulfone groups is 1. The van der Waals surface area contributed by atoms with E-state index in [1.54, 1.807) is 38.1 Å². The molecule has 36 heavy (non-hydrogen) atoms. The molecular weight excluding hydrogens is 502 g/mol. The van der Waals surface area contributed by atoms with E-state index < -0.39 is 15.1 Å². The summed E-state index contributed by atoms with van der Waals surface area (Å²) in [6, 6.07) is 8.85. The predicted octanol–water partition coefficient (Wildman–Crippen LogP) is 4.44. The van der Waals surface area contributed by atoms with Gasteiger partial charge in [-0.1, -0.05) is 25.4 Å². The Hall–Kier alpha value is -3.28. The Balaban J connectivity index is 1.79. The third-order valence-electron chi connectivity index (χ3n) is 5.09. The lowest BCUT2D eigenvalue weighted by molar-refractivity contribution is -0.115. The number of hydrogen-bond donors (Lipinski definition) is 4. The third kappa shape index (κ3) is 6.90. The minimum Gasteiger partial charge on any atom is -0.336 e. The first-order valence-corrected chi connectivity index (χ1v) is 13.3. The van der Waals surface area contributed by atoms with Crippen molar-refractivity contribution in [2.24, 2.45) is 0 Å². The lowest BCUT2D eigenvalue weighted by Crippen LogP contribution is -2.32. The lowest BCUT2D eigenvalue weighted by Gasteiger charge is -2.15. The Morgan fingerprint density at radius 2 is 1.81 bits per heavy atom. The minimum absolute atomic E-state index is 0.0822. The fourth-order valence-corrected chi connectivity index (χ4v) is 4.30. The minimum atomic E-state index is -3.64. The summed E-state index contributed by atoms with van der Waals surface area (Å²) in [5.41, 5.74) is 2.52. The van der Waals surface area contributed by atoms with Gasteiger partial charge in [0.25, 0.3) is 0 Å². The zero-order valence-electron chi connectivity index (χ0n) is 20.8. The SMILES string of the molecule is Cc1cc(NC(=O)CNC(C)C)ccc1Nc1ncc(Cl)c(Nc2cccnc2S(=O)(=O)C(C)C)n1. The first-order valence-electron chi connectivity index (χ1n) is 11.4. The van der Waals surface area contributed by atoms with Crippen LogP contribution >= 0.6 is 11.6 Å². The van der Waals surface area contributed by atoms with Crippen molar-refractivity contribution in [1.82, 2.24) is 20.3 Å². The molecule has 0 aliphatic heterocycles. The molecule has 0 saturated heterocycles. The van der Waals surface area contributed by atoms with E-state index >= 15 is 0 Å². The number of aromatic nitrogens is 3. The summed E-state index contributed by atoms with van der Waals surface area (Å²) in [6.07, 6.45) is 2.84. The molecule has 0 unspecified atom stereocenters. The topological polar surface area (TPSA) is 138 Å². The summed E-state index contributed by atoms with van der Waals surface area (Å²) in [6.45, 7) is 9.24. The second kappa shape index (κ2) is 11.6. The molecule has 10 nitrogen and oxygen atoms in total. The second-order valence-corrected chi connectivity index (χ2v) is 11.5. The molecule has 3 aromatic rings. The highest BCUT2D eigenvalue weighted by molar-refractivity contribution is 7.92. The van der Waals surface area contributed by atoms with Gasteiger partial charge >= 0.3 is 0 Å². The van der Waals surface area contributed by atoms with Gasteiger partial charge in [0, 0.05) is 23.6 Å². The van der Waals surface area contributed by atoms with Crippen LogP contribution in [0.4, 0.5) is 28.8 Å². The van der Waals surface area contributed by atoms with E-state index in [4.69, 9.17) is 11.6 Å². The van der Waals surface area contributed by atoms with E-state index in [-0.39, 0.29) is 46.0 Å². The van der Waals surface area contributed by atoms with Crippen LogP contribution in [0.15, 0.2) is 47.8 Å². The number of nitrogens with one attached hydrogen (secondary N) is 4. The van der Waals surface area contributed by atoms with Crippen molar-refractivity contribution in [3.05, 3.63) is 53.3 Å². The van der Waals surface area contributed by atoms with E-state index in [0.29, 0.717) is 5.69 Å². The highest BCUT2D eigenvalue weighted by atomic mass is 35.5. The van der Waals surface area contributed by atoms with Crippen LogP contribution in [0.25, 0.3) is 0 Å². The van der Waals surface area contributed by atoms with Gasteiger partial charge in [-0.3, -0.25) is 4.79 Å². The van der Waals surface area contributed by atoms with Crippen molar-refractivity contribution in [3.63, 3.8) is 0 Å². The second-order valence-electron chi connectivity index (χ2n) is 8.70. The molecule has 2 heterocycles. The van der Waals surface area contributed by atoms with Gasteiger partial charge in [0.1, 0.15) is 5.02 Å². The molecule has 0 fully saturated rings. The molecule has 0 aliphatic carbocycles. The first kappa shape index (κ1) is 27.3. The monoisotopic (exact) mass is 531 g/mol. The normalized spacial score (nSPS) is 11.6. The number of rotatable bonds is 10. The number of carbonyl (C=O) groups excluding carboxylic acids is 1. The molecule has 1 aromatic carbocycles. The van der Waals surface area contributed by atoms with Crippen molar-refractivity contribution in [1.29, 1.82) is 0 Å². The number of benzene rings is 1. The van der Waals surface area contributed by atoms with E-state index in [2.05, 4.69) is 36.2 Å². The van der Waals surface area contributed by atoms with Crippen LogP contribution in [0.5, 0.6) is 0 Å². The van der Waals surface area contributed by atoms with E-state index in [9.17, 15) is 13.2 Å². The fourth-order valence-electron chi connectivity index (χ4n) is 3.08. The van der Waals surface area contributed by atoms with Gasteiger partial charge in [-0.05, 0) is 56.7 Å². The Morgan fingerprint density at radius 1 is 1.06 bits per heavy atom. The van der Waals surface area contributed by atoms with Crippen molar-refractivity contribution in [3.8, 4) is 0 Å². The van der Waals surface area contributed by atoms with Gasteiger partial charge < -0.3 is 21.3 Å². The number of anilines is 5. The molecule has 3 rings (SSSR count). The Kier molecular flexibility index (Phi) is 8.83. The van der Waals surface area contributed by atoms with E-state index in [0.717, 1.165) is 11.3 Å². The molecule has 192 valence electrons. The zero-order chi connectivity index (χ0) is 26.5. The largest absolute Gasteiger partial charge is 0.336 e. The molecular formula is C24H30ClN7O3S. The van der Waals surface area contributed by atoms with Gasteiger partial charge in [0.2, 0.25) is 11.9 Å². The zero-order valence-corrected chi connectivity index (χ0v) is 22.3. The summed E-state index contributed by atoms with van der Waals surface area (Å²) in [4.78, 5) is 24.8. The number of pyridine rings is 1. The molecule has 4 N–H and O–H groups in total. The smallest absolute Gasteiger partial charge is 0.238 e. The molecule has 0 radical (unpaired) electrons. The number of amides is 1. The molecule has 0 atom stereocenters. The fraction of sp³-hybridized carbons (Fsp3) is 0.333. The summed E-state index contributed by atoms with van der Waals surface area (Å²) in [5, 5.41) is 11.5. The van der Waals surface area contributed by atoms with Crippen LogP contribution < -0.4 is 21.3 Å². The average Bonchev–Trinajstić information content (AvgIpc) is 2.81. The standard InChI is InChI=1S/C24H30ClN7O3S/c1-14(2)27-13-21(33)29-17-8-9-19(16(5)11-17)31-24-28-12-18(25)22(32-24)30-20-7-6-10-26-23(20)36(34,35)15(3)4/h6-12,14-15,27H,13H2,1-5H3,(H,29,33)(H2,28,30,31,32). The molecule has 1 amide bonds. The maximum absolute atomic E-state index is 12.7. The Bertz CT molecular complexity index is 1350. The summed E-state index contributed by atoms with van der Waals surface area (Å²) >= 11 is 6.29. The highest BCUT2D eigenvalue weighted by Crippen LogP contribution is 2.30. The van der Waals surface area contributed by atoms with Crippen LogP contribution in [0.1, 0.15) is 33.3 Å². The van der Waals surface area contributed by atoms with Crippen molar-refractivity contribution >= 4 is 56.2 Å². The third-order valence-corrected chi connectivity index (χ3v) is 7.47. The lowest BCUT2D eigenvalue weighted by atomic mass is 10.1. The van der Waals surface area contributed by atoms with E-state index in [1.807, 2.05) is 26.8 Å².